The molecule has 1 aliphatic carbocycles. The van der Waals surface area contributed by atoms with E-state index in [9.17, 15) is 14.4 Å². The van der Waals surface area contributed by atoms with Gasteiger partial charge in [0.1, 0.15) is 18.0 Å². The van der Waals surface area contributed by atoms with Gasteiger partial charge in [-0.1, -0.05) is 12.8 Å². The standard InChI is InChI=1S/C31H37N7O4/c1-18-25-13-32-31(34-29(25)38(22-6-4-5-7-22)30(41)28(18)19(2)39)33-21-8-9-26-27(12-21)42-17-24-16-35(10-11-37(24)26)23-14-36(15-23)20(3)40/h8-9,12-13,22-24H,4-7,10-11,14-17H2,1-3H3,(H,32,33,34)/t24-/m1/s1. The number of piperazine rings is 1. The largest absolute Gasteiger partial charge is 0.489 e. The van der Waals surface area contributed by atoms with E-state index in [0.29, 0.717) is 29.8 Å². The predicted octanol–water partition coefficient (Wildman–Crippen LogP) is 3.27. The van der Waals surface area contributed by atoms with Gasteiger partial charge >= 0.3 is 0 Å². The summed E-state index contributed by atoms with van der Waals surface area (Å²) in [4.78, 5) is 53.7. The highest BCUT2D eigenvalue weighted by atomic mass is 16.5. The summed E-state index contributed by atoms with van der Waals surface area (Å²) >= 11 is 0. The molecule has 1 saturated carbocycles. The smallest absolute Gasteiger partial charge is 0.263 e. The zero-order chi connectivity index (χ0) is 29.1. The van der Waals surface area contributed by atoms with E-state index in [2.05, 4.69) is 26.2 Å². The van der Waals surface area contributed by atoms with Gasteiger partial charge in [0.05, 0.1) is 17.3 Å². The van der Waals surface area contributed by atoms with Crippen molar-refractivity contribution in [1.29, 1.82) is 0 Å². The maximum Gasteiger partial charge on any atom is 0.263 e. The summed E-state index contributed by atoms with van der Waals surface area (Å²) in [6, 6.07) is 6.82. The van der Waals surface area contributed by atoms with Crippen LogP contribution in [0.1, 0.15) is 61.5 Å². The fourth-order valence-electron chi connectivity index (χ4n) is 7.18. The number of Topliss-reactive ketones (excluding diaryl/α,β-unsaturated/α-hetero) is 1. The molecule has 1 amide bonds. The van der Waals surface area contributed by atoms with Crippen LogP contribution in [-0.4, -0.2) is 87.4 Å². The molecule has 11 heteroatoms. The number of carbonyl (C=O) groups excluding carboxylic acids is 2. The van der Waals surface area contributed by atoms with E-state index < -0.39 is 0 Å². The van der Waals surface area contributed by atoms with Crippen molar-refractivity contribution in [3.63, 3.8) is 0 Å². The molecule has 11 nitrogen and oxygen atoms in total. The normalized spacial score (nSPS) is 21.1. The SMILES string of the molecule is CC(=O)c1c(C)c2cnc(Nc3ccc4c(c3)OC[C@H]3CN(C5CN(C(C)=O)C5)CCN43)nc2n(C2CCCC2)c1=O. The number of nitrogens with one attached hydrogen (secondary N) is 1. The number of ketones is 1. The summed E-state index contributed by atoms with van der Waals surface area (Å²) in [7, 11) is 0. The van der Waals surface area contributed by atoms with E-state index in [4.69, 9.17) is 9.72 Å². The maximum atomic E-state index is 13.5. The molecule has 0 radical (unpaired) electrons. The second-order valence-electron chi connectivity index (χ2n) is 12.1. The molecule has 0 bridgehead atoms. The van der Waals surface area contributed by atoms with Crippen LogP contribution in [0.25, 0.3) is 11.0 Å². The molecule has 42 heavy (non-hydrogen) atoms. The number of aryl methyl sites for hydroxylation is 1. The lowest BCUT2D eigenvalue weighted by molar-refractivity contribution is -0.136. The van der Waals surface area contributed by atoms with Gasteiger partial charge in [0.2, 0.25) is 11.9 Å². The molecular formula is C31H37N7O4. The minimum atomic E-state index is -0.255. The number of amides is 1. The summed E-state index contributed by atoms with van der Waals surface area (Å²) < 4.78 is 7.98. The molecule has 220 valence electrons. The number of likely N-dealkylation sites (tertiary alicyclic amines) is 1. The van der Waals surface area contributed by atoms with Crippen molar-refractivity contribution in [1.82, 2.24) is 24.3 Å². The number of nitrogens with zero attached hydrogens (tertiary/aromatic N) is 6. The third kappa shape index (κ3) is 4.50. The zero-order valence-corrected chi connectivity index (χ0v) is 24.4. The van der Waals surface area contributed by atoms with E-state index in [1.54, 1.807) is 24.6 Å². The Morgan fingerprint density at radius 2 is 1.81 bits per heavy atom. The van der Waals surface area contributed by atoms with E-state index in [1.165, 1.54) is 6.92 Å². The molecule has 1 N–H and O–H groups in total. The summed E-state index contributed by atoms with van der Waals surface area (Å²) in [5.41, 5.74) is 3.06. The number of carbonyl (C=O) groups is 2. The first-order valence-electron chi connectivity index (χ1n) is 15.0. The lowest BCUT2D eigenvalue weighted by atomic mass is 10.0. The molecule has 1 atom stereocenters. The van der Waals surface area contributed by atoms with Crippen molar-refractivity contribution in [2.24, 2.45) is 0 Å². The third-order valence-electron chi connectivity index (χ3n) is 9.55. The van der Waals surface area contributed by atoms with Gasteiger partial charge in [0, 0.05) is 75.1 Å². The van der Waals surface area contributed by atoms with Crippen molar-refractivity contribution >= 4 is 40.0 Å². The van der Waals surface area contributed by atoms with Crippen LogP contribution >= 0.6 is 0 Å². The number of fused-ring (bicyclic) bond motifs is 4. The van der Waals surface area contributed by atoms with Gasteiger partial charge in [-0.2, -0.15) is 4.98 Å². The maximum absolute atomic E-state index is 13.5. The fourth-order valence-corrected chi connectivity index (χ4v) is 7.18. The van der Waals surface area contributed by atoms with E-state index in [0.717, 1.165) is 80.9 Å². The molecule has 2 saturated heterocycles. The second-order valence-corrected chi connectivity index (χ2v) is 12.1. The Hall–Kier alpha value is -3.99. The van der Waals surface area contributed by atoms with Crippen LogP contribution in [0.4, 0.5) is 17.3 Å². The van der Waals surface area contributed by atoms with Gasteiger partial charge in [-0.25, -0.2) is 4.98 Å². The first kappa shape index (κ1) is 26.9. The van der Waals surface area contributed by atoms with Gasteiger partial charge < -0.3 is 19.9 Å². The highest BCUT2D eigenvalue weighted by molar-refractivity contribution is 5.99. The molecule has 0 spiro atoms. The lowest BCUT2D eigenvalue weighted by Crippen LogP contribution is -2.67. The minimum Gasteiger partial charge on any atom is -0.489 e. The summed E-state index contributed by atoms with van der Waals surface area (Å²) in [5, 5.41) is 4.05. The van der Waals surface area contributed by atoms with Crippen LogP contribution in [-0.2, 0) is 4.79 Å². The number of hydrogen-bond donors (Lipinski definition) is 1. The number of anilines is 3. The third-order valence-corrected chi connectivity index (χ3v) is 9.55. The van der Waals surface area contributed by atoms with Gasteiger partial charge in [-0.15, -0.1) is 0 Å². The minimum absolute atomic E-state index is 0.0318. The Bertz CT molecular complexity index is 1640. The first-order chi connectivity index (χ1) is 20.3. The zero-order valence-electron chi connectivity index (χ0n) is 24.4. The van der Waals surface area contributed by atoms with E-state index in [-0.39, 0.29) is 34.9 Å². The highest BCUT2D eigenvalue weighted by Crippen LogP contribution is 2.38. The molecule has 7 rings (SSSR count). The molecule has 1 aromatic carbocycles. The Morgan fingerprint density at radius 1 is 1.02 bits per heavy atom. The van der Waals surface area contributed by atoms with Crippen molar-refractivity contribution in [3.8, 4) is 5.75 Å². The molecule has 2 aromatic heterocycles. The molecule has 0 unspecified atom stereocenters. The van der Waals surface area contributed by atoms with Crippen LogP contribution in [0.15, 0.2) is 29.2 Å². The number of rotatable bonds is 5. The topological polar surface area (TPSA) is 113 Å². The van der Waals surface area contributed by atoms with Crippen LogP contribution in [0.5, 0.6) is 5.75 Å². The fraction of sp³-hybridized carbons (Fsp3) is 0.516. The second kappa shape index (κ2) is 10.4. The Kier molecular flexibility index (Phi) is 6.64. The highest BCUT2D eigenvalue weighted by Gasteiger charge is 2.39. The van der Waals surface area contributed by atoms with Crippen molar-refractivity contribution < 1.29 is 14.3 Å². The van der Waals surface area contributed by atoms with E-state index in [1.807, 2.05) is 17.0 Å². The number of ether oxygens (including phenoxy) is 1. The molecule has 3 aliphatic heterocycles. The Balaban J connectivity index is 1.12. The van der Waals surface area contributed by atoms with Crippen LogP contribution in [0.3, 0.4) is 0 Å². The van der Waals surface area contributed by atoms with Crippen molar-refractivity contribution in [2.75, 3.05) is 49.5 Å². The van der Waals surface area contributed by atoms with Crippen LogP contribution in [0.2, 0.25) is 0 Å². The summed E-state index contributed by atoms with van der Waals surface area (Å²) in [6.45, 7) is 9.93. The van der Waals surface area contributed by atoms with Crippen LogP contribution in [0, 0.1) is 6.92 Å². The summed E-state index contributed by atoms with van der Waals surface area (Å²) in [5.74, 6) is 1.14. The quantitative estimate of drug-likeness (QED) is 0.461. The molecule has 3 fully saturated rings. The summed E-state index contributed by atoms with van der Waals surface area (Å²) in [6.07, 6.45) is 5.63. The Morgan fingerprint density at radius 3 is 2.55 bits per heavy atom. The van der Waals surface area contributed by atoms with Gasteiger partial charge in [0.25, 0.3) is 5.56 Å². The van der Waals surface area contributed by atoms with Crippen molar-refractivity contribution in [3.05, 3.63) is 45.9 Å². The first-order valence-corrected chi connectivity index (χ1v) is 15.0. The number of pyridine rings is 1. The lowest BCUT2D eigenvalue weighted by Gasteiger charge is -2.51. The molecule has 3 aromatic rings. The molecule has 5 heterocycles. The monoisotopic (exact) mass is 571 g/mol. The molecule has 4 aliphatic rings. The Labute approximate surface area is 244 Å². The van der Waals surface area contributed by atoms with Crippen molar-refractivity contribution in [2.45, 2.75) is 64.6 Å². The van der Waals surface area contributed by atoms with Gasteiger partial charge in [-0.05, 0) is 44.4 Å². The number of benzene rings is 1. The average molecular weight is 572 g/mol. The van der Waals surface area contributed by atoms with Crippen LogP contribution < -0.4 is 20.5 Å². The van der Waals surface area contributed by atoms with Gasteiger partial charge in [0.15, 0.2) is 5.78 Å². The molecular weight excluding hydrogens is 534 g/mol. The number of hydrogen-bond acceptors (Lipinski definition) is 9. The average Bonchev–Trinajstić information content (AvgIpc) is 3.46. The predicted molar refractivity (Wildman–Crippen MR) is 160 cm³/mol. The number of aromatic nitrogens is 3. The van der Waals surface area contributed by atoms with Gasteiger partial charge in [-0.3, -0.25) is 23.9 Å². The van der Waals surface area contributed by atoms with E-state index >= 15 is 0 Å².